The zero-order valence-corrected chi connectivity index (χ0v) is 9.02. The fourth-order valence-electron chi connectivity index (χ4n) is 2.77. The molecule has 14 heavy (non-hydrogen) atoms. The summed E-state index contributed by atoms with van der Waals surface area (Å²) in [6.45, 7) is 2.49. The van der Waals surface area contributed by atoms with Crippen molar-refractivity contribution in [1.29, 1.82) is 0 Å². The zero-order valence-electron chi connectivity index (χ0n) is 8.20. The molecule has 1 saturated heterocycles. The van der Waals surface area contributed by atoms with Gasteiger partial charge in [-0.3, -0.25) is 0 Å². The van der Waals surface area contributed by atoms with E-state index in [1.165, 1.54) is 25.9 Å². The Bertz CT molecular complexity index is 300. The van der Waals surface area contributed by atoms with E-state index in [9.17, 15) is 0 Å². The number of rotatable bonds is 1. The third-order valence-corrected chi connectivity index (χ3v) is 3.83. The van der Waals surface area contributed by atoms with Crippen molar-refractivity contribution in [3.8, 4) is 0 Å². The minimum atomic E-state index is 0. The minimum absolute atomic E-state index is 0. The van der Waals surface area contributed by atoms with Crippen LogP contribution >= 0.6 is 12.4 Å². The van der Waals surface area contributed by atoms with Crippen molar-refractivity contribution in [1.82, 2.24) is 5.32 Å². The fourth-order valence-corrected chi connectivity index (χ4v) is 2.77. The van der Waals surface area contributed by atoms with Gasteiger partial charge < -0.3 is 5.32 Å². The fraction of sp³-hybridized carbons (Fsp3) is 0.500. The van der Waals surface area contributed by atoms with Crippen molar-refractivity contribution < 1.29 is 0 Å². The standard InChI is InChI=1S/C12H15N.ClH/c1-2-4-10(5-3-1)11-6-7-12(11)8-13-9-12;/h1-5,11,13H,6-9H2;1H. The van der Waals surface area contributed by atoms with E-state index in [0.29, 0.717) is 5.41 Å². The Morgan fingerprint density at radius 3 is 2.29 bits per heavy atom. The van der Waals surface area contributed by atoms with Crippen molar-refractivity contribution >= 4 is 12.4 Å². The molecule has 0 radical (unpaired) electrons. The Morgan fingerprint density at radius 2 is 1.86 bits per heavy atom. The zero-order chi connectivity index (χ0) is 8.73. The molecule has 1 atom stereocenters. The van der Waals surface area contributed by atoms with Crippen LogP contribution in [-0.2, 0) is 0 Å². The lowest BCUT2D eigenvalue weighted by Gasteiger charge is -2.56. The summed E-state index contributed by atoms with van der Waals surface area (Å²) in [5.41, 5.74) is 2.21. The first-order valence-corrected chi connectivity index (χ1v) is 5.16. The van der Waals surface area contributed by atoms with E-state index in [1.54, 1.807) is 5.56 Å². The number of hydrogen-bond donors (Lipinski definition) is 1. The van der Waals surface area contributed by atoms with Gasteiger partial charge >= 0.3 is 0 Å². The summed E-state index contributed by atoms with van der Waals surface area (Å²) in [7, 11) is 0. The highest BCUT2D eigenvalue weighted by molar-refractivity contribution is 5.85. The summed E-state index contributed by atoms with van der Waals surface area (Å²) in [5.74, 6) is 0.843. The largest absolute Gasteiger partial charge is 0.315 e. The maximum absolute atomic E-state index is 3.40. The Morgan fingerprint density at radius 1 is 1.14 bits per heavy atom. The molecule has 1 aromatic rings. The Kier molecular flexibility index (Phi) is 2.54. The van der Waals surface area contributed by atoms with Gasteiger partial charge in [-0.05, 0) is 24.3 Å². The van der Waals surface area contributed by atoms with Gasteiger partial charge in [0.25, 0.3) is 0 Å². The number of benzene rings is 1. The number of nitrogens with one attached hydrogen (secondary N) is 1. The van der Waals surface area contributed by atoms with Crippen molar-refractivity contribution in [2.45, 2.75) is 18.8 Å². The van der Waals surface area contributed by atoms with Crippen molar-refractivity contribution in [2.24, 2.45) is 5.41 Å². The van der Waals surface area contributed by atoms with Gasteiger partial charge in [-0.2, -0.15) is 0 Å². The lowest BCUT2D eigenvalue weighted by Crippen LogP contribution is -2.61. The van der Waals surface area contributed by atoms with Gasteiger partial charge in [0.05, 0.1) is 0 Å². The molecule has 2 aliphatic rings. The average molecular weight is 210 g/mol. The highest BCUT2D eigenvalue weighted by Crippen LogP contribution is 2.54. The molecule has 1 N–H and O–H groups in total. The van der Waals surface area contributed by atoms with Crippen LogP contribution in [0.4, 0.5) is 0 Å². The maximum Gasteiger partial charge on any atom is 0.00261 e. The van der Waals surface area contributed by atoms with E-state index in [1.807, 2.05) is 0 Å². The van der Waals surface area contributed by atoms with Crippen LogP contribution in [0.25, 0.3) is 0 Å². The van der Waals surface area contributed by atoms with Crippen molar-refractivity contribution in [2.75, 3.05) is 13.1 Å². The van der Waals surface area contributed by atoms with Gasteiger partial charge in [0.2, 0.25) is 0 Å². The topological polar surface area (TPSA) is 12.0 Å². The second kappa shape index (κ2) is 3.56. The highest BCUT2D eigenvalue weighted by atomic mass is 35.5. The minimum Gasteiger partial charge on any atom is -0.315 e. The molecule has 0 amide bonds. The SMILES string of the molecule is Cl.c1ccc(C2CCC23CNC3)cc1. The molecule has 0 aromatic heterocycles. The van der Waals surface area contributed by atoms with Gasteiger partial charge in [-0.25, -0.2) is 0 Å². The second-order valence-electron chi connectivity index (χ2n) is 4.47. The summed E-state index contributed by atoms with van der Waals surface area (Å²) in [6.07, 6.45) is 2.82. The molecule has 76 valence electrons. The van der Waals surface area contributed by atoms with E-state index in [0.717, 1.165) is 5.92 Å². The van der Waals surface area contributed by atoms with Crippen LogP contribution in [0.15, 0.2) is 30.3 Å². The van der Waals surface area contributed by atoms with Crippen LogP contribution in [0, 0.1) is 5.41 Å². The molecular formula is C12H16ClN. The van der Waals surface area contributed by atoms with Crippen LogP contribution in [-0.4, -0.2) is 13.1 Å². The third kappa shape index (κ3) is 1.27. The van der Waals surface area contributed by atoms with E-state index < -0.39 is 0 Å². The van der Waals surface area contributed by atoms with Gasteiger partial charge in [0.15, 0.2) is 0 Å². The summed E-state index contributed by atoms with van der Waals surface area (Å²) in [4.78, 5) is 0. The highest BCUT2D eigenvalue weighted by Gasteiger charge is 2.51. The molecule has 1 nitrogen and oxygen atoms in total. The van der Waals surface area contributed by atoms with Gasteiger partial charge in [-0.15, -0.1) is 12.4 Å². The summed E-state index contributed by atoms with van der Waals surface area (Å²) < 4.78 is 0. The van der Waals surface area contributed by atoms with Crippen LogP contribution in [0.3, 0.4) is 0 Å². The molecule has 1 spiro atoms. The number of hydrogen-bond acceptors (Lipinski definition) is 1. The first-order valence-electron chi connectivity index (χ1n) is 5.16. The van der Waals surface area contributed by atoms with Gasteiger partial charge in [0.1, 0.15) is 0 Å². The predicted molar refractivity (Wildman–Crippen MR) is 61.0 cm³/mol. The molecule has 3 rings (SSSR count). The first kappa shape index (κ1) is 10.0. The number of halogens is 1. The summed E-state index contributed by atoms with van der Waals surface area (Å²) in [5, 5.41) is 3.40. The predicted octanol–water partition coefficient (Wildman–Crippen LogP) is 2.58. The van der Waals surface area contributed by atoms with E-state index in [-0.39, 0.29) is 12.4 Å². The Labute approximate surface area is 91.3 Å². The van der Waals surface area contributed by atoms with Crippen LogP contribution < -0.4 is 5.32 Å². The summed E-state index contributed by atoms with van der Waals surface area (Å²) in [6, 6.07) is 11.0. The van der Waals surface area contributed by atoms with Crippen LogP contribution in [0.2, 0.25) is 0 Å². The second-order valence-corrected chi connectivity index (χ2v) is 4.47. The summed E-state index contributed by atoms with van der Waals surface area (Å²) >= 11 is 0. The first-order chi connectivity index (χ1) is 6.41. The molecule has 2 fully saturated rings. The average Bonchev–Trinajstić information content (AvgIpc) is 2.01. The van der Waals surface area contributed by atoms with Crippen molar-refractivity contribution in [3.05, 3.63) is 35.9 Å². The van der Waals surface area contributed by atoms with E-state index >= 15 is 0 Å². The maximum atomic E-state index is 3.40. The van der Waals surface area contributed by atoms with Crippen molar-refractivity contribution in [3.63, 3.8) is 0 Å². The quantitative estimate of drug-likeness (QED) is 0.750. The third-order valence-electron chi connectivity index (χ3n) is 3.83. The van der Waals surface area contributed by atoms with Gasteiger partial charge in [-0.1, -0.05) is 30.3 Å². The molecule has 1 heterocycles. The smallest absolute Gasteiger partial charge is 0.00261 e. The monoisotopic (exact) mass is 209 g/mol. The molecule has 1 saturated carbocycles. The molecule has 0 bridgehead atoms. The molecule has 1 unspecified atom stereocenters. The Hall–Kier alpha value is -0.530. The molecule has 1 aliphatic heterocycles. The lowest BCUT2D eigenvalue weighted by molar-refractivity contribution is 0.0253. The van der Waals surface area contributed by atoms with Gasteiger partial charge in [0, 0.05) is 18.5 Å². The molecular weight excluding hydrogens is 194 g/mol. The molecule has 1 aliphatic carbocycles. The lowest BCUT2D eigenvalue weighted by atomic mass is 9.54. The Balaban J connectivity index is 0.000000750. The van der Waals surface area contributed by atoms with E-state index in [4.69, 9.17) is 0 Å². The molecule has 2 heteroatoms. The normalized spacial score (nSPS) is 27.3. The molecule has 1 aromatic carbocycles. The van der Waals surface area contributed by atoms with E-state index in [2.05, 4.69) is 35.6 Å². The van der Waals surface area contributed by atoms with Crippen LogP contribution in [0.1, 0.15) is 24.3 Å². The van der Waals surface area contributed by atoms with Crippen LogP contribution in [0.5, 0.6) is 0 Å².